The monoisotopic (exact) mass is 357 g/mol. The SMILES string of the molecule is O=C(/C=C/c1cnn(-c2ccccc2)c1)NCCc1nccn1C(F)F. The van der Waals surface area contributed by atoms with E-state index in [0.717, 1.165) is 15.8 Å². The van der Waals surface area contributed by atoms with Gasteiger partial charge in [0.15, 0.2) is 0 Å². The third kappa shape index (κ3) is 4.41. The van der Waals surface area contributed by atoms with Crippen molar-refractivity contribution in [2.45, 2.75) is 13.0 Å². The first kappa shape index (κ1) is 17.5. The number of alkyl halides is 2. The Hall–Kier alpha value is -3.29. The van der Waals surface area contributed by atoms with Gasteiger partial charge < -0.3 is 5.32 Å². The molecule has 0 atom stereocenters. The number of carbonyl (C=O) groups is 1. The Balaban J connectivity index is 1.50. The highest BCUT2D eigenvalue weighted by atomic mass is 19.3. The first-order valence-electron chi connectivity index (χ1n) is 7.99. The number of carbonyl (C=O) groups excluding carboxylic acids is 1. The van der Waals surface area contributed by atoms with Crippen molar-refractivity contribution in [3.8, 4) is 5.69 Å². The minimum absolute atomic E-state index is 0.218. The van der Waals surface area contributed by atoms with Crippen molar-refractivity contribution in [1.82, 2.24) is 24.6 Å². The van der Waals surface area contributed by atoms with Crippen LogP contribution in [0.5, 0.6) is 0 Å². The number of hydrogen-bond donors (Lipinski definition) is 1. The second-order valence-electron chi connectivity index (χ2n) is 5.46. The fourth-order valence-electron chi connectivity index (χ4n) is 2.39. The molecular formula is C18H17F2N5O. The van der Waals surface area contributed by atoms with Crippen LogP contribution in [0.15, 0.2) is 61.2 Å². The summed E-state index contributed by atoms with van der Waals surface area (Å²) in [4.78, 5) is 15.7. The second kappa shape index (κ2) is 8.19. The number of amides is 1. The molecule has 0 radical (unpaired) electrons. The number of rotatable bonds is 7. The lowest BCUT2D eigenvalue weighted by molar-refractivity contribution is -0.116. The lowest BCUT2D eigenvalue weighted by atomic mass is 10.3. The number of benzene rings is 1. The maximum absolute atomic E-state index is 12.7. The molecule has 1 N–H and O–H groups in total. The molecule has 1 aromatic carbocycles. The van der Waals surface area contributed by atoms with Crippen LogP contribution in [0.4, 0.5) is 8.78 Å². The summed E-state index contributed by atoms with van der Waals surface area (Å²) in [7, 11) is 0. The zero-order chi connectivity index (χ0) is 18.4. The highest BCUT2D eigenvalue weighted by molar-refractivity contribution is 5.91. The van der Waals surface area contributed by atoms with E-state index in [2.05, 4.69) is 15.4 Å². The van der Waals surface area contributed by atoms with Gasteiger partial charge in [0.1, 0.15) is 5.82 Å². The van der Waals surface area contributed by atoms with Crippen molar-refractivity contribution in [3.63, 3.8) is 0 Å². The summed E-state index contributed by atoms with van der Waals surface area (Å²) in [5, 5.41) is 6.88. The molecule has 0 saturated heterocycles. The topological polar surface area (TPSA) is 64.7 Å². The van der Waals surface area contributed by atoms with Gasteiger partial charge in [-0.05, 0) is 18.2 Å². The Morgan fingerprint density at radius 2 is 2.08 bits per heavy atom. The van der Waals surface area contributed by atoms with E-state index in [1.807, 2.05) is 30.3 Å². The molecule has 3 aromatic rings. The van der Waals surface area contributed by atoms with Gasteiger partial charge in [-0.2, -0.15) is 13.9 Å². The number of nitrogens with zero attached hydrogens (tertiary/aromatic N) is 4. The Labute approximate surface area is 148 Å². The molecular weight excluding hydrogens is 340 g/mol. The smallest absolute Gasteiger partial charge is 0.319 e. The van der Waals surface area contributed by atoms with Gasteiger partial charge in [-0.15, -0.1) is 0 Å². The number of hydrogen-bond acceptors (Lipinski definition) is 3. The molecule has 26 heavy (non-hydrogen) atoms. The van der Waals surface area contributed by atoms with Gasteiger partial charge in [0.05, 0.1) is 11.9 Å². The van der Waals surface area contributed by atoms with E-state index in [4.69, 9.17) is 0 Å². The van der Waals surface area contributed by atoms with E-state index < -0.39 is 6.55 Å². The summed E-state index contributed by atoms with van der Waals surface area (Å²) < 4.78 is 27.9. The maximum atomic E-state index is 12.7. The molecule has 0 bridgehead atoms. The standard InChI is InChI=1S/C18H17F2N5O/c19-18(20)24-11-10-21-16(24)8-9-22-17(26)7-6-14-12-23-25(13-14)15-4-2-1-3-5-15/h1-7,10-13,18H,8-9H2,(H,22,26)/b7-6+. The summed E-state index contributed by atoms with van der Waals surface area (Å²) in [5.41, 5.74) is 1.70. The first-order valence-corrected chi connectivity index (χ1v) is 7.99. The van der Waals surface area contributed by atoms with Crippen molar-refractivity contribution in [2.75, 3.05) is 6.54 Å². The van der Waals surface area contributed by atoms with Crippen LogP contribution < -0.4 is 5.32 Å². The molecule has 3 rings (SSSR count). The van der Waals surface area contributed by atoms with Gasteiger partial charge in [0, 0.05) is 43.2 Å². The first-order chi connectivity index (χ1) is 12.6. The van der Waals surface area contributed by atoms with Crippen LogP contribution in [0.1, 0.15) is 17.9 Å². The second-order valence-corrected chi connectivity index (χ2v) is 5.46. The van der Waals surface area contributed by atoms with Gasteiger partial charge in [-0.25, -0.2) is 9.67 Å². The average Bonchev–Trinajstić information content (AvgIpc) is 3.30. The largest absolute Gasteiger partial charge is 0.352 e. The van der Waals surface area contributed by atoms with Crippen LogP contribution in [-0.2, 0) is 11.2 Å². The van der Waals surface area contributed by atoms with Gasteiger partial charge in [-0.1, -0.05) is 18.2 Å². The van der Waals surface area contributed by atoms with Crippen LogP contribution in [0, 0.1) is 0 Å². The van der Waals surface area contributed by atoms with Gasteiger partial charge in [0.2, 0.25) is 5.91 Å². The summed E-state index contributed by atoms with van der Waals surface area (Å²) >= 11 is 0. The van der Waals surface area contributed by atoms with Crippen molar-refractivity contribution in [2.24, 2.45) is 0 Å². The molecule has 0 aliphatic rings. The number of aromatic nitrogens is 4. The summed E-state index contributed by atoms with van der Waals surface area (Å²) in [6, 6.07) is 9.61. The maximum Gasteiger partial charge on any atom is 0.319 e. The van der Waals surface area contributed by atoms with Crippen LogP contribution in [0.2, 0.25) is 0 Å². The zero-order valence-corrected chi connectivity index (χ0v) is 13.8. The Morgan fingerprint density at radius 3 is 2.85 bits per heavy atom. The molecule has 0 saturated carbocycles. The van der Waals surface area contributed by atoms with Crippen molar-refractivity contribution in [1.29, 1.82) is 0 Å². The average molecular weight is 357 g/mol. The third-order valence-corrected chi connectivity index (χ3v) is 3.66. The summed E-state index contributed by atoms with van der Waals surface area (Å²) in [6.07, 6.45) is 9.23. The number of halogens is 2. The van der Waals surface area contributed by atoms with Crippen LogP contribution in [0.3, 0.4) is 0 Å². The van der Waals surface area contributed by atoms with E-state index in [0.29, 0.717) is 0 Å². The van der Waals surface area contributed by atoms with Crippen molar-refractivity contribution in [3.05, 3.63) is 72.6 Å². The quantitative estimate of drug-likeness (QED) is 0.662. The van der Waals surface area contributed by atoms with E-state index >= 15 is 0 Å². The highest BCUT2D eigenvalue weighted by Gasteiger charge is 2.10. The molecule has 0 unspecified atom stereocenters. The normalized spacial score (nSPS) is 11.3. The number of nitrogens with one attached hydrogen (secondary N) is 1. The van der Waals surface area contributed by atoms with E-state index in [1.165, 1.54) is 18.5 Å². The van der Waals surface area contributed by atoms with E-state index in [-0.39, 0.29) is 24.7 Å². The predicted octanol–water partition coefficient (Wildman–Crippen LogP) is 2.84. The van der Waals surface area contributed by atoms with Crippen molar-refractivity contribution >= 4 is 12.0 Å². The van der Waals surface area contributed by atoms with E-state index in [9.17, 15) is 13.6 Å². The molecule has 8 heteroatoms. The molecule has 6 nitrogen and oxygen atoms in total. The fourth-order valence-corrected chi connectivity index (χ4v) is 2.39. The summed E-state index contributed by atoms with van der Waals surface area (Å²) in [6.45, 7) is -2.42. The van der Waals surface area contributed by atoms with Crippen LogP contribution in [0.25, 0.3) is 11.8 Å². The predicted molar refractivity (Wildman–Crippen MR) is 92.8 cm³/mol. The third-order valence-electron chi connectivity index (χ3n) is 3.66. The highest BCUT2D eigenvalue weighted by Crippen LogP contribution is 2.12. The van der Waals surface area contributed by atoms with Crippen LogP contribution >= 0.6 is 0 Å². The number of imidazole rings is 1. The fraction of sp³-hybridized carbons (Fsp3) is 0.167. The zero-order valence-electron chi connectivity index (χ0n) is 13.8. The molecule has 2 aromatic heterocycles. The Bertz CT molecular complexity index is 886. The Kier molecular flexibility index (Phi) is 5.52. The molecule has 0 spiro atoms. The lowest BCUT2D eigenvalue weighted by Crippen LogP contribution is -2.24. The molecule has 2 heterocycles. The minimum Gasteiger partial charge on any atom is -0.352 e. The lowest BCUT2D eigenvalue weighted by Gasteiger charge is -2.06. The van der Waals surface area contributed by atoms with Crippen molar-refractivity contribution < 1.29 is 13.6 Å². The minimum atomic E-state index is -2.63. The molecule has 0 aliphatic heterocycles. The molecule has 1 amide bonds. The van der Waals surface area contributed by atoms with Gasteiger partial charge in [0.25, 0.3) is 0 Å². The molecule has 134 valence electrons. The van der Waals surface area contributed by atoms with Gasteiger partial charge in [-0.3, -0.25) is 9.36 Å². The Morgan fingerprint density at radius 1 is 1.27 bits per heavy atom. The van der Waals surface area contributed by atoms with Gasteiger partial charge >= 0.3 is 6.55 Å². The van der Waals surface area contributed by atoms with Crippen LogP contribution in [-0.4, -0.2) is 31.8 Å². The number of para-hydroxylation sites is 1. The molecule has 0 aliphatic carbocycles. The van der Waals surface area contributed by atoms with E-state index in [1.54, 1.807) is 23.2 Å². The molecule has 0 fully saturated rings. The summed E-state index contributed by atoms with van der Waals surface area (Å²) in [5.74, 6) is -0.0824.